The van der Waals surface area contributed by atoms with E-state index in [1.54, 1.807) is 4.68 Å². The third-order valence-corrected chi connectivity index (χ3v) is 3.75. The molecule has 3 nitrogen and oxygen atoms in total. The molecule has 1 aromatic heterocycles. The molecule has 20 heavy (non-hydrogen) atoms. The van der Waals surface area contributed by atoms with E-state index < -0.39 is 5.51 Å². The number of hydrogen-bond donors (Lipinski definition) is 1. The SMILES string of the molecule is CCNCc1c(CC)nn(CCSC(F)(F)F)c1CC. The topological polar surface area (TPSA) is 29.9 Å². The molecule has 0 aliphatic rings. The van der Waals surface area contributed by atoms with Gasteiger partial charge in [-0.1, -0.05) is 20.8 Å². The summed E-state index contributed by atoms with van der Waals surface area (Å²) < 4.78 is 38.3. The van der Waals surface area contributed by atoms with E-state index in [-0.39, 0.29) is 17.5 Å². The number of aryl methyl sites for hydroxylation is 2. The summed E-state index contributed by atoms with van der Waals surface area (Å²) in [6.07, 6.45) is 1.58. The average molecular weight is 309 g/mol. The summed E-state index contributed by atoms with van der Waals surface area (Å²) in [6.45, 7) is 7.95. The molecular weight excluding hydrogens is 287 g/mol. The Kier molecular flexibility index (Phi) is 6.88. The second-order valence-corrected chi connectivity index (χ2v) is 5.54. The van der Waals surface area contributed by atoms with Gasteiger partial charge in [0, 0.05) is 23.6 Å². The highest BCUT2D eigenvalue weighted by molar-refractivity contribution is 8.00. The van der Waals surface area contributed by atoms with Crippen molar-refractivity contribution in [2.24, 2.45) is 0 Å². The van der Waals surface area contributed by atoms with Crippen molar-refractivity contribution in [2.75, 3.05) is 12.3 Å². The number of rotatable bonds is 8. The van der Waals surface area contributed by atoms with Crippen molar-refractivity contribution in [3.8, 4) is 0 Å². The lowest BCUT2D eigenvalue weighted by atomic mass is 10.1. The van der Waals surface area contributed by atoms with Gasteiger partial charge in [-0.25, -0.2) is 0 Å². The molecule has 1 rings (SSSR count). The fourth-order valence-electron chi connectivity index (χ4n) is 2.16. The molecule has 0 aliphatic heterocycles. The minimum atomic E-state index is -4.17. The van der Waals surface area contributed by atoms with E-state index in [0.29, 0.717) is 6.54 Å². The van der Waals surface area contributed by atoms with Crippen molar-refractivity contribution in [3.63, 3.8) is 0 Å². The predicted molar refractivity (Wildman–Crippen MR) is 76.9 cm³/mol. The number of thioether (sulfide) groups is 1. The van der Waals surface area contributed by atoms with E-state index in [1.807, 2.05) is 20.8 Å². The first-order valence-corrected chi connectivity index (χ1v) is 7.90. The first-order valence-electron chi connectivity index (χ1n) is 6.91. The second kappa shape index (κ2) is 7.93. The maximum absolute atomic E-state index is 12.2. The molecule has 0 saturated heterocycles. The van der Waals surface area contributed by atoms with Crippen LogP contribution in [0, 0.1) is 0 Å². The lowest BCUT2D eigenvalue weighted by Crippen LogP contribution is -2.15. The Morgan fingerprint density at radius 3 is 2.40 bits per heavy atom. The van der Waals surface area contributed by atoms with Gasteiger partial charge >= 0.3 is 5.51 Å². The zero-order valence-corrected chi connectivity index (χ0v) is 13.0. The van der Waals surface area contributed by atoms with Crippen LogP contribution in [0.15, 0.2) is 0 Å². The van der Waals surface area contributed by atoms with Gasteiger partial charge in [-0.2, -0.15) is 18.3 Å². The number of hydrogen-bond acceptors (Lipinski definition) is 3. The molecular formula is C13H22F3N3S. The summed E-state index contributed by atoms with van der Waals surface area (Å²) in [5, 5.41) is 7.74. The summed E-state index contributed by atoms with van der Waals surface area (Å²) in [7, 11) is 0. The van der Waals surface area contributed by atoms with Gasteiger partial charge in [-0.05, 0) is 31.1 Å². The lowest BCUT2D eigenvalue weighted by Gasteiger charge is -2.09. The molecule has 0 saturated carbocycles. The molecule has 0 unspecified atom stereocenters. The Labute approximate surface area is 122 Å². The van der Waals surface area contributed by atoms with E-state index in [2.05, 4.69) is 10.4 Å². The van der Waals surface area contributed by atoms with Gasteiger partial charge in [-0.15, -0.1) is 0 Å². The Hall–Kier alpha value is -0.690. The van der Waals surface area contributed by atoms with Crippen LogP contribution in [0.1, 0.15) is 37.7 Å². The summed E-state index contributed by atoms with van der Waals surface area (Å²) >= 11 is 0.0117. The Balaban J connectivity index is 2.82. The number of nitrogens with zero attached hydrogens (tertiary/aromatic N) is 2. The van der Waals surface area contributed by atoms with Gasteiger partial charge < -0.3 is 5.32 Å². The van der Waals surface area contributed by atoms with Gasteiger partial charge in [-0.3, -0.25) is 4.68 Å². The smallest absolute Gasteiger partial charge is 0.313 e. The van der Waals surface area contributed by atoms with Gasteiger partial charge in [0.1, 0.15) is 0 Å². The third kappa shape index (κ3) is 5.01. The quantitative estimate of drug-likeness (QED) is 0.798. The highest BCUT2D eigenvalue weighted by atomic mass is 32.2. The highest BCUT2D eigenvalue weighted by Crippen LogP contribution is 2.30. The van der Waals surface area contributed by atoms with Gasteiger partial charge in [0.15, 0.2) is 0 Å². The van der Waals surface area contributed by atoms with E-state index in [0.717, 1.165) is 42.9 Å². The predicted octanol–water partition coefficient (Wildman–Crippen LogP) is 3.37. The van der Waals surface area contributed by atoms with Crippen molar-refractivity contribution in [1.29, 1.82) is 0 Å². The molecule has 0 amide bonds. The Morgan fingerprint density at radius 2 is 1.90 bits per heavy atom. The molecule has 7 heteroatoms. The van der Waals surface area contributed by atoms with Crippen LogP contribution in [0.4, 0.5) is 13.2 Å². The first-order chi connectivity index (χ1) is 9.42. The van der Waals surface area contributed by atoms with Crippen LogP contribution >= 0.6 is 11.8 Å². The van der Waals surface area contributed by atoms with Crippen LogP contribution in [0.2, 0.25) is 0 Å². The lowest BCUT2D eigenvalue weighted by molar-refractivity contribution is -0.0328. The van der Waals surface area contributed by atoms with Gasteiger partial charge in [0.25, 0.3) is 0 Å². The summed E-state index contributed by atoms with van der Waals surface area (Å²) in [6, 6.07) is 0. The molecule has 0 bridgehead atoms. The molecule has 0 spiro atoms. The van der Waals surface area contributed by atoms with Crippen LogP contribution < -0.4 is 5.32 Å². The Morgan fingerprint density at radius 1 is 1.20 bits per heavy atom. The fourth-order valence-corrected chi connectivity index (χ4v) is 2.65. The van der Waals surface area contributed by atoms with E-state index in [9.17, 15) is 13.2 Å². The van der Waals surface area contributed by atoms with Crippen LogP contribution in [0.25, 0.3) is 0 Å². The molecule has 0 radical (unpaired) electrons. The highest BCUT2D eigenvalue weighted by Gasteiger charge is 2.27. The molecule has 116 valence electrons. The van der Waals surface area contributed by atoms with Crippen LogP contribution in [-0.4, -0.2) is 27.6 Å². The van der Waals surface area contributed by atoms with E-state index in [4.69, 9.17) is 0 Å². The second-order valence-electron chi connectivity index (χ2n) is 4.38. The van der Waals surface area contributed by atoms with Crippen LogP contribution in [-0.2, 0) is 25.9 Å². The zero-order chi connectivity index (χ0) is 15.2. The third-order valence-electron chi connectivity index (χ3n) is 3.04. The van der Waals surface area contributed by atoms with Crippen molar-refractivity contribution in [3.05, 3.63) is 17.0 Å². The van der Waals surface area contributed by atoms with Crippen molar-refractivity contribution < 1.29 is 13.2 Å². The Bertz CT molecular complexity index is 416. The molecule has 0 aromatic carbocycles. The number of alkyl halides is 3. The maximum atomic E-state index is 12.2. The molecule has 1 N–H and O–H groups in total. The first kappa shape index (κ1) is 17.4. The molecule has 0 atom stereocenters. The summed E-state index contributed by atoms with van der Waals surface area (Å²) in [5.41, 5.74) is -0.987. The van der Waals surface area contributed by atoms with Gasteiger partial charge in [0.2, 0.25) is 0 Å². The number of aromatic nitrogens is 2. The van der Waals surface area contributed by atoms with E-state index >= 15 is 0 Å². The fraction of sp³-hybridized carbons (Fsp3) is 0.769. The van der Waals surface area contributed by atoms with Crippen LogP contribution in [0.3, 0.4) is 0 Å². The van der Waals surface area contributed by atoms with Gasteiger partial charge in [0.05, 0.1) is 12.2 Å². The minimum absolute atomic E-state index is 0.00196. The number of halogens is 3. The van der Waals surface area contributed by atoms with E-state index in [1.165, 1.54) is 0 Å². The number of nitrogens with one attached hydrogen (secondary N) is 1. The van der Waals surface area contributed by atoms with Crippen molar-refractivity contribution in [1.82, 2.24) is 15.1 Å². The largest absolute Gasteiger partial charge is 0.441 e. The molecule has 0 aliphatic carbocycles. The summed E-state index contributed by atoms with van der Waals surface area (Å²) in [4.78, 5) is 0. The molecule has 1 heterocycles. The normalized spacial score (nSPS) is 12.1. The van der Waals surface area contributed by atoms with Crippen molar-refractivity contribution in [2.45, 2.75) is 52.2 Å². The van der Waals surface area contributed by atoms with Crippen LogP contribution in [0.5, 0.6) is 0 Å². The maximum Gasteiger partial charge on any atom is 0.441 e. The zero-order valence-electron chi connectivity index (χ0n) is 12.2. The standard InChI is InChI=1S/C13H22F3N3S/c1-4-11-10(9-17-6-3)12(5-2)19(18-11)7-8-20-13(14,15)16/h17H,4-9H2,1-3H3. The summed E-state index contributed by atoms with van der Waals surface area (Å²) in [5.74, 6) is 0.00196. The molecule has 1 aromatic rings. The minimum Gasteiger partial charge on any atom is -0.313 e. The van der Waals surface area contributed by atoms with Crippen molar-refractivity contribution >= 4 is 11.8 Å². The monoisotopic (exact) mass is 309 g/mol. The average Bonchev–Trinajstić information content (AvgIpc) is 2.71. The molecule has 0 fully saturated rings.